The van der Waals surface area contributed by atoms with Crippen LogP contribution in [0.3, 0.4) is 0 Å². The molecule has 0 saturated carbocycles. The number of nitrogens with zero attached hydrogens (tertiary/aromatic N) is 3. The number of benzene rings is 1. The molecule has 0 radical (unpaired) electrons. The van der Waals surface area contributed by atoms with E-state index in [1.165, 1.54) is 0 Å². The SMILES string of the molecule is Nc1ccc(C2=NN=NC2)cc1. The lowest BCUT2D eigenvalue weighted by atomic mass is 10.1. The number of hydrogen-bond acceptors (Lipinski definition) is 4. The van der Waals surface area contributed by atoms with Crippen LogP contribution in [0.25, 0.3) is 0 Å². The summed E-state index contributed by atoms with van der Waals surface area (Å²) in [6, 6.07) is 7.53. The van der Waals surface area contributed by atoms with Gasteiger partial charge < -0.3 is 5.73 Å². The third-order valence-corrected chi connectivity index (χ3v) is 1.69. The molecule has 0 spiro atoms. The first kappa shape index (κ1) is 6.97. The predicted octanol–water partition coefficient (Wildman–Crippen LogP) is 1.44. The molecule has 0 saturated heterocycles. The fourth-order valence-electron chi connectivity index (χ4n) is 1.04. The van der Waals surface area contributed by atoms with Crippen LogP contribution < -0.4 is 5.73 Å². The molecule has 1 aliphatic rings. The van der Waals surface area contributed by atoms with E-state index in [4.69, 9.17) is 5.73 Å². The molecule has 0 aliphatic carbocycles. The van der Waals surface area contributed by atoms with E-state index in [0.717, 1.165) is 17.0 Å². The molecule has 0 unspecified atom stereocenters. The second-order valence-corrected chi connectivity index (χ2v) is 2.56. The number of anilines is 1. The number of hydrogen-bond donors (Lipinski definition) is 1. The third-order valence-electron chi connectivity index (χ3n) is 1.69. The van der Waals surface area contributed by atoms with Crippen LogP contribution in [0.4, 0.5) is 5.69 Å². The second-order valence-electron chi connectivity index (χ2n) is 2.56. The summed E-state index contributed by atoms with van der Waals surface area (Å²) in [5, 5.41) is 11.2. The average Bonchev–Trinajstić information content (AvgIpc) is 2.58. The van der Waals surface area contributed by atoms with Gasteiger partial charge in [-0.3, -0.25) is 0 Å². The monoisotopic (exact) mass is 160 g/mol. The topological polar surface area (TPSA) is 63.1 Å². The highest BCUT2D eigenvalue weighted by atomic mass is 15.4. The van der Waals surface area contributed by atoms with Gasteiger partial charge in [-0.1, -0.05) is 12.1 Å². The van der Waals surface area contributed by atoms with Gasteiger partial charge in [-0.05, 0) is 17.4 Å². The number of nitrogens with two attached hydrogens (primary N) is 1. The summed E-state index contributed by atoms with van der Waals surface area (Å²) in [6.45, 7) is 0.573. The van der Waals surface area contributed by atoms with Gasteiger partial charge >= 0.3 is 0 Å². The van der Waals surface area contributed by atoms with E-state index in [0.29, 0.717) is 6.54 Å². The lowest BCUT2D eigenvalue weighted by Gasteiger charge is -1.97. The molecule has 12 heavy (non-hydrogen) atoms. The van der Waals surface area contributed by atoms with Crippen molar-refractivity contribution in [2.75, 3.05) is 12.3 Å². The maximum absolute atomic E-state index is 5.54. The molecule has 2 rings (SSSR count). The lowest BCUT2D eigenvalue weighted by molar-refractivity contribution is 1.06. The van der Waals surface area contributed by atoms with Crippen LogP contribution in [0, 0.1) is 0 Å². The lowest BCUT2D eigenvalue weighted by Crippen LogP contribution is -2.01. The van der Waals surface area contributed by atoms with Crippen molar-refractivity contribution >= 4 is 11.4 Å². The van der Waals surface area contributed by atoms with Gasteiger partial charge in [-0.15, -0.1) is 5.10 Å². The average molecular weight is 160 g/mol. The minimum atomic E-state index is 0.573. The molecule has 1 aliphatic heterocycles. The molecular formula is C8H8N4. The van der Waals surface area contributed by atoms with Gasteiger partial charge in [-0.25, -0.2) is 0 Å². The minimum Gasteiger partial charge on any atom is -0.399 e. The maximum Gasteiger partial charge on any atom is 0.107 e. The van der Waals surface area contributed by atoms with Gasteiger partial charge in [-0.2, -0.15) is 5.11 Å². The fraction of sp³-hybridized carbons (Fsp3) is 0.125. The molecule has 2 N–H and O–H groups in total. The van der Waals surface area contributed by atoms with Crippen molar-refractivity contribution in [3.05, 3.63) is 29.8 Å². The summed E-state index contributed by atoms with van der Waals surface area (Å²) < 4.78 is 0. The number of nitrogen functional groups attached to an aromatic ring is 1. The predicted molar refractivity (Wildman–Crippen MR) is 47.1 cm³/mol. The van der Waals surface area contributed by atoms with Crippen LogP contribution in [0.1, 0.15) is 5.56 Å². The number of rotatable bonds is 1. The minimum absolute atomic E-state index is 0.573. The molecule has 0 bridgehead atoms. The van der Waals surface area contributed by atoms with Crippen LogP contribution in [0.15, 0.2) is 39.7 Å². The summed E-state index contributed by atoms with van der Waals surface area (Å²) in [5.74, 6) is 0. The Morgan fingerprint density at radius 2 is 1.92 bits per heavy atom. The normalized spacial score (nSPS) is 14.8. The molecule has 1 aromatic carbocycles. The highest BCUT2D eigenvalue weighted by Gasteiger charge is 2.05. The van der Waals surface area contributed by atoms with E-state index in [1.807, 2.05) is 24.3 Å². The van der Waals surface area contributed by atoms with Crippen molar-refractivity contribution in [3.63, 3.8) is 0 Å². The van der Waals surface area contributed by atoms with E-state index in [2.05, 4.69) is 15.4 Å². The van der Waals surface area contributed by atoms with Gasteiger partial charge in [0, 0.05) is 11.3 Å². The van der Waals surface area contributed by atoms with Crippen LogP contribution in [-0.4, -0.2) is 12.3 Å². The summed E-state index contributed by atoms with van der Waals surface area (Å²) in [7, 11) is 0. The summed E-state index contributed by atoms with van der Waals surface area (Å²) in [6.07, 6.45) is 0. The molecule has 4 nitrogen and oxygen atoms in total. The third kappa shape index (κ3) is 1.18. The van der Waals surface area contributed by atoms with Crippen LogP contribution in [0.2, 0.25) is 0 Å². The Hall–Kier alpha value is -1.71. The zero-order chi connectivity index (χ0) is 8.39. The van der Waals surface area contributed by atoms with E-state index in [1.54, 1.807) is 0 Å². The van der Waals surface area contributed by atoms with Crippen molar-refractivity contribution in [3.8, 4) is 0 Å². The van der Waals surface area contributed by atoms with Crippen molar-refractivity contribution in [2.24, 2.45) is 15.4 Å². The first-order chi connectivity index (χ1) is 5.86. The van der Waals surface area contributed by atoms with Crippen LogP contribution in [0.5, 0.6) is 0 Å². The standard InChI is InChI=1S/C8H8N4/c9-7-3-1-6(2-4-7)8-5-10-12-11-8/h1-4H,5,9H2. The summed E-state index contributed by atoms with van der Waals surface area (Å²) in [4.78, 5) is 0. The quantitative estimate of drug-likeness (QED) is 0.620. The Labute approximate surface area is 69.8 Å². The smallest absolute Gasteiger partial charge is 0.107 e. The maximum atomic E-state index is 5.54. The Kier molecular flexibility index (Phi) is 1.59. The molecule has 1 aromatic rings. The molecule has 0 fully saturated rings. The van der Waals surface area contributed by atoms with Gasteiger partial charge in [0.25, 0.3) is 0 Å². The highest BCUT2D eigenvalue weighted by molar-refractivity contribution is 6.02. The Balaban J connectivity index is 2.30. The van der Waals surface area contributed by atoms with Crippen molar-refractivity contribution < 1.29 is 0 Å². The van der Waals surface area contributed by atoms with Gasteiger partial charge in [0.1, 0.15) is 6.54 Å². The molecule has 0 aromatic heterocycles. The van der Waals surface area contributed by atoms with Crippen molar-refractivity contribution in [1.82, 2.24) is 0 Å². The summed E-state index contributed by atoms with van der Waals surface area (Å²) >= 11 is 0. The molecule has 0 amide bonds. The van der Waals surface area contributed by atoms with E-state index < -0.39 is 0 Å². The largest absolute Gasteiger partial charge is 0.399 e. The molecular weight excluding hydrogens is 152 g/mol. The van der Waals surface area contributed by atoms with E-state index in [-0.39, 0.29) is 0 Å². The van der Waals surface area contributed by atoms with Crippen LogP contribution >= 0.6 is 0 Å². The first-order valence-electron chi connectivity index (χ1n) is 3.65. The Morgan fingerprint density at radius 1 is 1.17 bits per heavy atom. The molecule has 1 heterocycles. The molecule has 60 valence electrons. The van der Waals surface area contributed by atoms with E-state index in [9.17, 15) is 0 Å². The fourth-order valence-corrected chi connectivity index (χ4v) is 1.04. The molecule has 4 heteroatoms. The van der Waals surface area contributed by atoms with Gasteiger partial charge in [0.05, 0.1) is 5.71 Å². The second kappa shape index (κ2) is 2.73. The van der Waals surface area contributed by atoms with Gasteiger partial charge in [0.2, 0.25) is 0 Å². The Bertz CT molecular complexity index is 337. The Morgan fingerprint density at radius 3 is 2.50 bits per heavy atom. The van der Waals surface area contributed by atoms with Crippen molar-refractivity contribution in [2.45, 2.75) is 0 Å². The zero-order valence-electron chi connectivity index (χ0n) is 6.44. The van der Waals surface area contributed by atoms with Crippen molar-refractivity contribution in [1.29, 1.82) is 0 Å². The first-order valence-corrected chi connectivity index (χ1v) is 3.65. The van der Waals surface area contributed by atoms with Crippen LogP contribution in [-0.2, 0) is 0 Å². The molecule has 0 atom stereocenters. The highest BCUT2D eigenvalue weighted by Crippen LogP contribution is 2.09. The van der Waals surface area contributed by atoms with Gasteiger partial charge in [0.15, 0.2) is 0 Å². The zero-order valence-corrected chi connectivity index (χ0v) is 6.44. The van der Waals surface area contributed by atoms with E-state index >= 15 is 0 Å². The summed E-state index contributed by atoms with van der Waals surface area (Å²) in [5.41, 5.74) is 8.23.